The third kappa shape index (κ3) is 2.50. The largest absolute Gasteiger partial charge is 0.457 e. The zero-order valence-corrected chi connectivity index (χ0v) is 11.3. The van der Waals surface area contributed by atoms with E-state index in [4.69, 9.17) is 27.9 Å². The molecule has 0 saturated carbocycles. The van der Waals surface area contributed by atoms with Crippen LogP contribution >= 0.6 is 23.2 Å². The number of ether oxygens (including phenoxy) is 1. The van der Waals surface area contributed by atoms with Crippen molar-refractivity contribution in [3.63, 3.8) is 0 Å². The number of benzene rings is 2. The average molecular weight is 290 g/mol. The summed E-state index contributed by atoms with van der Waals surface area (Å²) in [5, 5.41) is 3.02. The molecule has 0 bridgehead atoms. The summed E-state index contributed by atoms with van der Waals surface area (Å²) in [4.78, 5) is 3.92. The Morgan fingerprint density at radius 2 is 1.68 bits per heavy atom. The maximum Gasteiger partial charge on any atom is 0.135 e. The number of hydrogen-bond donors (Lipinski definition) is 0. The average Bonchev–Trinajstić information content (AvgIpc) is 2.42. The van der Waals surface area contributed by atoms with E-state index < -0.39 is 0 Å². The second kappa shape index (κ2) is 5.08. The summed E-state index contributed by atoms with van der Waals surface area (Å²) in [5.74, 6) is 1.38. The molecule has 2 aromatic carbocycles. The second-order valence-corrected chi connectivity index (χ2v) is 4.80. The molecule has 0 atom stereocenters. The standard InChI is InChI=1S/C15H9Cl2NO/c16-13-5-6-14(12-4-2-1-3-11(12)13)19-10-7-8-18-15(17)9-10/h1-9H. The number of aromatic nitrogens is 1. The van der Waals surface area contributed by atoms with Gasteiger partial charge in [-0.1, -0.05) is 47.5 Å². The minimum absolute atomic E-state index is 0.399. The van der Waals surface area contributed by atoms with Crippen LogP contribution < -0.4 is 4.74 Å². The van der Waals surface area contributed by atoms with Gasteiger partial charge in [-0.15, -0.1) is 0 Å². The van der Waals surface area contributed by atoms with Crippen LogP contribution in [0.25, 0.3) is 10.8 Å². The molecule has 4 heteroatoms. The van der Waals surface area contributed by atoms with Gasteiger partial charge in [-0.25, -0.2) is 4.98 Å². The highest BCUT2D eigenvalue weighted by Gasteiger charge is 2.06. The van der Waals surface area contributed by atoms with E-state index in [0.717, 1.165) is 16.5 Å². The molecule has 94 valence electrons. The summed E-state index contributed by atoms with van der Waals surface area (Å²) >= 11 is 12.0. The summed E-state index contributed by atoms with van der Waals surface area (Å²) < 4.78 is 5.84. The van der Waals surface area contributed by atoms with E-state index in [-0.39, 0.29) is 0 Å². The zero-order chi connectivity index (χ0) is 13.2. The predicted octanol–water partition coefficient (Wildman–Crippen LogP) is 5.33. The molecule has 3 rings (SSSR count). The fraction of sp³-hybridized carbons (Fsp3) is 0. The lowest BCUT2D eigenvalue weighted by Crippen LogP contribution is -1.87. The first-order chi connectivity index (χ1) is 9.24. The molecule has 0 N–H and O–H groups in total. The SMILES string of the molecule is Clc1cc(Oc2ccc(Cl)c3ccccc23)ccn1. The maximum atomic E-state index is 6.17. The predicted molar refractivity (Wildman–Crippen MR) is 78.3 cm³/mol. The lowest BCUT2D eigenvalue weighted by Gasteiger charge is -2.10. The summed E-state index contributed by atoms with van der Waals surface area (Å²) in [7, 11) is 0. The van der Waals surface area contributed by atoms with Gasteiger partial charge < -0.3 is 4.74 Å². The van der Waals surface area contributed by atoms with Gasteiger partial charge in [0, 0.05) is 28.1 Å². The number of pyridine rings is 1. The van der Waals surface area contributed by atoms with Gasteiger partial charge in [0.25, 0.3) is 0 Å². The zero-order valence-electron chi connectivity index (χ0n) is 9.81. The van der Waals surface area contributed by atoms with E-state index >= 15 is 0 Å². The number of halogens is 2. The third-order valence-corrected chi connectivity index (χ3v) is 3.29. The van der Waals surface area contributed by atoms with E-state index in [1.54, 1.807) is 18.3 Å². The van der Waals surface area contributed by atoms with Crippen LogP contribution in [0.15, 0.2) is 54.7 Å². The lowest BCUT2D eigenvalue weighted by atomic mass is 10.1. The van der Waals surface area contributed by atoms with Crippen molar-refractivity contribution in [1.29, 1.82) is 0 Å². The van der Waals surface area contributed by atoms with Crippen molar-refractivity contribution in [2.24, 2.45) is 0 Å². The van der Waals surface area contributed by atoms with Gasteiger partial charge in [-0.3, -0.25) is 0 Å². The smallest absolute Gasteiger partial charge is 0.135 e. The first kappa shape index (κ1) is 12.3. The lowest BCUT2D eigenvalue weighted by molar-refractivity contribution is 0.487. The molecule has 0 fully saturated rings. The van der Waals surface area contributed by atoms with Gasteiger partial charge >= 0.3 is 0 Å². The van der Waals surface area contributed by atoms with E-state index in [1.807, 2.05) is 36.4 Å². The van der Waals surface area contributed by atoms with Crippen LogP contribution in [0.3, 0.4) is 0 Å². The summed E-state index contributed by atoms with van der Waals surface area (Å²) in [6, 6.07) is 14.9. The number of hydrogen-bond acceptors (Lipinski definition) is 2. The Hall–Kier alpha value is -1.77. The molecule has 0 aliphatic rings. The Morgan fingerprint density at radius 3 is 2.47 bits per heavy atom. The first-order valence-corrected chi connectivity index (χ1v) is 6.46. The highest BCUT2D eigenvalue weighted by Crippen LogP contribution is 2.34. The van der Waals surface area contributed by atoms with Crippen molar-refractivity contribution in [2.45, 2.75) is 0 Å². The van der Waals surface area contributed by atoms with Crippen molar-refractivity contribution < 1.29 is 4.74 Å². The molecule has 0 saturated heterocycles. The Kier molecular flexibility index (Phi) is 3.28. The van der Waals surface area contributed by atoms with Crippen LogP contribution in [0.2, 0.25) is 10.2 Å². The Labute approximate surface area is 120 Å². The molecule has 1 heterocycles. The van der Waals surface area contributed by atoms with Crippen molar-refractivity contribution in [2.75, 3.05) is 0 Å². The first-order valence-electron chi connectivity index (χ1n) is 5.71. The van der Waals surface area contributed by atoms with Crippen LogP contribution in [-0.4, -0.2) is 4.98 Å². The molecule has 3 aromatic rings. The highest BCUT2D eigenvalue weighted by atomic mass is 35.5. The number of nitrogens with zero attached hydrogens (tertiary/aromatic N) is 1. The third-order valence-electron chi connectivity index (χ3n) is 2.76. The molecule has 0 aliphatic heterocycles. The van der Waals surface area contributed by atoms with Crippen molar-refractivity contribution in [3.8, 4) is 11.5 Å². The topological polar surface area (TPSA) is 22.1 Å². The molecule has 0 unspecified atom stereocenters. The molecular formula is C15H9Cl2NO. The fourth-order valence-corrected chi connectivity index (χ4v) is 2.29. The van der Waals surface area contributed by atoms with Crippen molar-refractivity contribution >= 4 is 34.0 Å². The van der Waals surface area contributed by atoms with Gasteiger partial charge in [-0.2, -0.15) is 0 Å². The van der Waals surface area contributed by atoms with Crippen molar-refractivity contribution in [1.82, 2.24) is 4.98 Å². The van der Waals surface area contributed by atoms with E-state index in [9.17, 15) is 0 Å². The van der Waals surface area contributed by atoms with Crippen LogP contribution in [0.4, 0.5) is 0 Å². The van der Waals surface area contributed by atoms with Gasteiger partial charge in [0.1, 0.15) is 16.7 Å². The summed E-state index contributed by atoms with van der Waals surface area (Å²) in [6.07, 6.45) is 1.61. The van der Waals surface area contributed by atoms with Gasteiger partial charge in [-0.05, 0) is 18.2 Å². The summed E-state index contributed by atoms with van der Waals surface area (Å²) in [6.45, 7) is 0. The normalized spacial score (nSPS) is 10.6. The van der Waals surface area contributed by atoms with E-state index in [2.05, 4.69) is 4.98 Å². The fourth-order valence-electron chi connectivity index (χ4n) is 1.90. The number of rotatable bonds is 2. The van der Waals surface area contributed by atoms with Gasteiger partial charge in [0.05, 0.1) is 0 Å². The molecule has 0 spiro atoms. The number of fused-ring (bicyclic) bond motifs is 1. The van der Waals surface area contributed by atoms with Crippen LogP contribution in [-0.2, 0) is 0 Å². The van der Waals surface area contributed by atoms with Crippen molar-refractivity contribution in [3.05, 3.63) is 64.9 Å². The molecule has 1 aromatic heterocycles. The van der Waals surface area contributed by atoms with E-state index in [0.29, 0.717) is 15.9 Å². The minimum atomic E-state index is 0.399. The monoisotopic (exact) mass is 289 g/mol. The molecular weight excluding hydrogens is 281 g/mol. The summed E-state index contributed by atoms with van der Waals surface area (Å²) in [5.41, 5.74) is 0. The van der Waals surface area contributed by atoms with E-state index in [1.165, 1.54) is 0 Å². The minimum Gasteiger partial charge on any atom is -0.457 e. The van der Waals surface area contributed by atoms with Gasteiger partial charge in [0.2, 0.25) is 0 Å². The molecule has 0 radical (unpaired) electrons. The molecule has 19 heavy (non-hydrogen) atoms. The molecule has 2 nitrogen and oxygen atoms in total. The quantitative estimate of drug-likeness (QED) is 0.595. The Morgan fingerprint density at radius 1 is 0.895 bits per heavy atom. The highest BCUT2D eigenvalue weighted by molar-refractivity contribution is 6.35. The van der Waals surface area contributed by atoms with Crippen LogP contribution in [0.1, 0.15) is 0 Å². The van der Waals surface area contributed by atoms with Gasteiger partial charge in [0.15, 0.2) is 0 Å². The van der Waals surface area contributed by atoms with Crippen LogP contribution in [0.5, 0.6) is 11.5 Å². The Bertz CT molecular complexity index is 743. The molecule has 0 aliphatic carbocycles. The van der Waals surface area contributed by atoms with Crippen LogP contribution in [0, 0.1) is 0 Å². The second-order valence-electron chi connectivity index (χ2n) is 4.01. The molecule has 0 amide bonds. The maximum absolute atomic E-state index is 6.17. The Balaban J connectivity index is 2.09.